The molecule has 0 aromatic rings. The van der Waals surface area contributed by atoms with Gasteiger partial charge in [0.05, 0.1) is 40.3 Å². The molecule has 2 unspecified atom stereocenters. The molecule has 0 aliphatic carbocycles. The van der Waals surface area contributed by atoms with Gasteiger partial charge in [0, 0.05) is 12.8 Å². The lowest BCUT2D eigenvalue weighted by Gasteiger charge is -2.26. The van der Waals surface area contributed by atoms with Crippen molar-refractivity contribution in [3.8, 4) is 0 Å². The molecule has 51 heavy (non-hydrogen) atoms. The van der Waals surface area contributed by atoms with Crippen molar-refractivity contribution in [2.45, 2.75) is 167 Å². The van der Waals surface area contributed by atoms with E-state index in [4.69, 9.17) is 18.9 Å². The van der Waals surface area contributed by atoms with E-state index >= 15 is 0 Å². The quantitative estimate of drug-likeness (QED) is 0.0208. The first-order valence-electron chi connectivity index (χ1n) is 20.1. The fourth-order valence-corrected chi connectivity index (χ4v) is 5.13. The first-order valence-corrected chi connectivity index (χ1v) is 20.1. The van der Waals surface area contributed by atoms with Gasteiger partial charge in [-0.1, -0.05) is 115 Å². The van der Waals surface area contributed by atoms with Crippen LogP contribution in [0.3, 0.4) is 0 Å². The highest BCUT2D eigenvalue weighted by molar-refractivity contribution is 5.70. The van der Waals surface area contributed by atoms with Crippen molar-refractivity contribution >= 4 is 17.9 Å². The average Bonchev–Trinajstić information content (AvgIpc) is 3.08. The smallest absolute Gasteiger partial charge is 0.306 e. The van der Waals surface area contributed by atoms with E-state index in [0.717, 1.165) is 83.5 Å². The van der Waals surface area contributed by atoms with E-state index in [9.17, 15) is 19.5 Å². The van der Waals surface area contributed by atoms with Crippen LogP contribution in [0, 0.1) is 0 Å². The fraction of sp³-hybridized carbons (Fsp3) is 0.786. The maximum absolute atomic E-state index is 12.7. The molecule has 0 aliphatic rings. The van der Waals surface area contributed by atoms with Crippen molar-refractivity contribution < 1.29 is 42.9 Å². The van der Waals surface area contributed by atoms with Crippen molar-refractivity contribution in [1.82, 2.24) is 0 Å². The largest absolute Gasteiger partial charge is 0.545 e. The number of ether oxygens (including phenoxy) is 4. The van der Waals surface area contributed by atoms with Crippen molar-refractivity contribution in [1.29, 1.82) is 0 Å². The van der Waals surface area contributed by atoms with Gasteiger partial charge in [-0.3, -0.25) is 9.59 Å². The second kappa shape index (κ2) is 34.6. The number of hydrogen-bond donors (Lipinski definition) is 0. The van der Waals surface area contributed by atoms with Gasteiger partial charge in [0.2, 0.25) is 0 Å². The molecule has 0 aromatic heterocycles. The first-order chi connectivity index (χ1) is 24.6. The average molecular weight is 722 g/mol. The van der Waals surface area contributed by atoms with Crippen LogP contribution in [0.15, 0.2) is 36.5 Å². The molecular weight excluding hydrogens is 646 g/mol. The summed E-state index contributed by atoms with van der Waals surface area (Å²) in [6.45, 7) is 4.62. The summed E-state index contributed by atoms with van der Waals surface area (Å²) in [7, 11) is 5.89. The highest BCUT2D eigenvalue weighted by Gasteiger charge is 2.21. The molecule has 2 atom stereocenters. The molecule has 9 heteroatoms. The van der Waals surface area contributed by atoms with Gasteiger partial charge in [-0.25, -0.2) is 0 Å². The molecule has 0 heterocycles. The van der Waals surface area contributed by atoms with Crippen LogP contribution >= 0.6 is 0 Å². The molecule has 0 radical (unpaired) electrons. The Morgan fingerprint density at radius 1 is 0.588 bits per heavy atom. The van der Waals surface area contributed by atoms with Crippen LogP contribution in [-0.4, -0.2) is 82.3 Å². The number of carboxylic acids is 1. The van der Waals surface area contributed by atoms with Crippen LogP contribution in [0.25, 0.3) is 0 Å². The van der Waals surface area contributed by atoms with Gasteiger partial charge < -0.3 is 33.3 Å². The zero-order valence-electron chi connectivity index (χ0n) is 33.2. The van der Waals surface area contributed by atoms with Crippen LogP contribution in [0.1, 0.15) is 155 Å². The maximum Gasteiger partial charge on any atom is 0.306 e. The van der Waals surface area contributed by atoms with Crippen LogP contribution < -0.4 is 5.11 Å². The number of unbranched alkanes of at least 4 members (excludes halogenated alkanes) is 15. The molecule has 0 amide bonds. The summed E-state index contributed by atoms with van der Waals surface area (Å²) < 4.78 is 22.4. The molecule has 0 saturated heterocycles. The lowest BCUT2D eigenvalue weighted by molar-refractivity contribution is -0.870. The molecule has 0 N–H and O–H groups in total. The van der Waals surface area contributed by atoms with Crippen LogP contribution in [0.4, 0.5) is 0 Å². The molecule has 0 fully saturated rings. The van der Waals surface area contributed by atoms with Gasteiger partial charge in [0.15, 0.2) is 12.4 Å². The number of carbonyl (C=O) groups excluding carboxylic acids is 3. The van der Waals surface area contributed by atoms with E-state index in [1.54, 1.807) is 0 Å². The zero-order chi connectivity index (χ0) is 37.8. The molecule has 296 valence electrons. The van der Waals surface area contributed by atoms with Gasteiger partial charge in [-0.15, -0.1) is 0 Å². The standard InChI is InChI=1S/C42H75NO8/c1-6-8-10-12-14-16-18-19-20-21-23-25-27-29-31-33-40(45)51-38(37-50-42(41(46)47)48-35-34-43(3,4)5)36-49-39(44)32-30-28-26-24-22-17-15-13-11-9-7-2/h13-16,19-20,38,42H,6-12,17-18,21-37H2,1-5H3/b15-13-,16-14-,20-19-. The third-order valence-corrected chi connectivity index (χ3v) is 8.36. The normalized spacial score (nSPS) is 13.4. The number of carbonyl (C=O) groups is 3. The molecule has 9 nitrogen and oxygen atoms in total. The maximum atomic E-state index is 12.7. The molecule has 0 spiro atoms. The van der Waals surface area contributed by atoms with Crippen molar-refractivity contribution in [2.75, 3.05) is 47.5 Å². The summed E-state index contributed by atoms with van der Waals surface area (Å²) in [5, 5.41) is 11.6. The second-order valence-electron chi connectivity index (χ2n) is 14.6. The van der Waals surface area contributed by atoms with Gasteiger partial charge in [-0.05, 0) is 64.2 Å². The van der Waals surface area contributed by atoms with Gasteiger partial charge in [0.1, 0.15) is 13.2 Å². The topological polar surface area (TPSA) is 111 Å². The van der Waals surface area contributed by atoms with E-state index in [1.165, 1.54) is 38.5 Å². The summed E-state index contributed by atoms with van der Waals surface area (Å²) in [4.78, 5) is 36.8. The second-order valence-corrected chi connectivity index (χ2v) is 14.6. The predicted molar refractivity (Wildman–Crippen MR) is 205 cm³/mol. The SMILES string of the molecule is CCCC/C=C\CCCCCCCC(=O)OCC(COC(OCC[N+](C)(C)C)C(=O)[O-])OC(=O)CCCCCCC/C=C\C/C=C\CCCCC. The number of hydrogen-bond acceptors (Lipinski definition) is 8. The zero-order valence-corrected chi connectivity index (χ0v) is 33.2. The predicted octanol–water partition coefficient (Wildman–Crippen LogP) is 8.55. The summed E-state index contributed by atoms with van der Waals surface area (Å²) in [6.07, 6.45) is 33.1. The van der Waals surface area contributed by atoms with E-state index in [1.807, 2.05) is 21.1 Å². The van der Waals surface area contributed by atoms with Gasteiger partial charge >= 0.3 is 11.9 Å². The van der Waals surface area contributed by atoms with Crippen molar-refractivity contribution in [3.05, 3.63) is 36.5 Å². The highest BCUT2D eigenvalue weighted by atomic mass is 16.7. The van der Waals surface area contributed by atoms with E-state index < -0.39 is 24.3 Å². The lowest BCUT2D eigenvalue weighted by Crippen LogP contribution is -2.44. The number of nitrogens with zero attached hydrogens (tertiary/aromatic N) is 1. The minimum absolute atomic E-state index is 0.143. The molecule has 0 rings (SSSR count). The number of esters is 2. The number of carboxylic acid groups (broad SMARTS) is 1. The Morgan fingerprint density at radius 2 is 1.08 bits per heavy atom. The van der Waals surface area contributed by atoms with Gasteiger partial charge in [-0.2, -0.15) is 0 Å². The number of aliphatic carboxylic acids is 1. The number of allylic oxidation sites excluding steroid dienone is 6. The summed E-state index contributed by atoms with van der Waals surface area (Å²) in [6, 6.07) is 0. The van der Waals surface area contributed by atoms with Crippen LogP contribution in [0.5, 0.6) is 0 Å². The Morgan fingerprint density at radius 3 is 1.63 bits per heavy atom. The van der Waals surface area contributed by atoms with Crippen molar-refractivity contribution in [2.24, 2.45) is 0 Å². The Hall–Kier alpha value is -2.49. The van der Waals surface area contributed by atoms with Crippen LogP contribution in [-0.2, 0) is 33.3 Å². The van der Waals surface area contributed by atoms with E-state index in [0.29, 0.717) is 17.4 Å². The summed E-state index contributed by atoms with van der Waals surface area (Å²) >= 11 is 0. The Balaban J connectivity index is 4.55. The number of likely N-dealkylation sites (N-methyl/N-ethyl adjacent to an activating group) is 1. The monoisotopic (exact) mass is 722 g/mol. The van der Waals surface area contributed by atoms with E-state index in [2.05, 4.69) is 50.3 Å². The van der Waals surface area contributed by atoms with Crippen LogP contribution in [0.2, 0.25) is 0 Å². The third-order valence-electron chi connectivity index (χ3n) is 8.36. The molecule has 0 bridgehead atoms. The van der Waals surface area contributed by atoms with E-state index in [-0.39, 0.29) is 38.6 Å². The minimum Gasteiger partial charge on any atom is -0.545 e. The van der Waals surface area contributed by atoms with Crippen molar-refractivity contribution in [3.63, 3.8) is 0 Å². The van der Waals surface area contributed by atoms with Gasteiger partial charge in [0.25, 0.3) is 0 Å². The molecule has 0 aromatic carbocycles. The molecular formula is C42H75NO8. The first kappa shape index (κ1) is 48.5. The fourth-order valence-electron chi connectivity index (χ4n) is 5.13. The minimum atomic E-state index is -1.62. The Kier molecular flexibility index (Phi) is 32.9. The molecule has 0 saturated carbocycles. The summed E-state index contributed by atoms with van der Waals surface area (Å²) in [5.41, 5.74) is 0. The third kappa shape index (κ3) is 35.7. The Labute approximate surface area is 311 Å². The summed E-state index contributed by atoms with van der Waals surface area (Å²) in [5.74, 6) is -2.32. The molecule has 0 aliphatic heterocycles. The lowest BCUT2D eigenvalue weighted by atomic mass is 10.1. The number of rotatable bonds is 36. The Bertz CT molecular complexity index is 940. The highest BCUT2D eigenvalue weighted by Crippen LogP contribution is 2.12. The number of quaternary nitrogens is 1.